The van der Waals surface area contributed by atoms with Crippen LogP contribution in [0.1, 0.15) is 47.8 Å². The molecule has 1 saturated carbocycles. The number of halogens is 3. The highest BCUT2D eigenvalue weighted by atomic mass is 35.5. The number of nitrogens with zero attached hydrogens (tertiary/aromatic N) is 4. The van der Waals surface area contributed by atoms with Gasteiger partial charge in [-0.15, -0.1) is 23.9 Å². The Bertz CT molecular complexity index is 1220. The summed E-state index contributed by atoms with van der Waals surface area (Å²) in [5, 5.41) is 5.22. The van der Waals surface area contributed by atoms with Crippen molar-refractivity contribution < 1.29 is 9.13 Å². The molecule has 1 heterocycles. The van der Waals surface area contributed by atoms with Crippen LogP contribution in [0.5, 0.6) is 5.75 Å². The van der Waals surface area contributed by atoms with Crippen LogP contribution >= 0.6 is 24.0 Å². The van der Waals surface area contributed by atoms with Crippen molar-refractivity contribution in [2.24, 2.45) is 5.92 Å². The van der Waals surface area contributed by atoms with Crippen LogP contribution in [0.4, 0.5) is 16.0 Å². The normalized spacial score (nSPS) is 13.7. The fourth-order valence-electron chi connectivity index (χ4n) is 4.09. The fraction of sp³-hybridized carbons (Fsp3) is 0.385. The average molecular weight is 503 g/mol. The van der Waals surface area contributed by atoms with Crippen molar-refractivity contribution in [3.63, 3.8) is 0 Å². The molecule has 4 rings (SSSR count). The number of rotatable bonds is 8. The number of hydrogen-bond acceptors (Lipinski definition) is 4. The van der Waals surface area contributed by atoms with Crippen molar-refractivity contribution in [3.8, 4) is 18.1 Å². The molecule has 34 heavy (non-hydrogen) atoms. The van der Waals surface area contributed by atoms with Crippen molar-refractivity contribution in [3.05, 3.63) is 63.7 Å². The van der Waals surface area contributed by atoms with Gasteiger partial charge in [-0.2, -0.15) is 4.98 Å². The van der Waals surface area contributed by atoms with Gasteiger partial charge in [0, 0.05) is 6.07 Å². The maximum atomic E-state index is 14.7. The van der Waals surface area contributed by atoms with Gasteiger partial charge in [-0.25, -0.2) is 9.07 Å². The van der Waals surface area contributed by atoms with Gasteiger partial charge in [0.2, 0.25) is 5.95 Å². The minimum atomic E-state index is -0.229. The molecule has 8 heteroatoms. The highest BCUT2D eigenvalue weighted by molar-refractivity contribution is 6.33. The van der Waals surface area contributed by atoms with Gasteiger partial charge in [0.05, 0.1) is 23.9 Å². The zero-order valence-electron chi connectivity index (χ0n) is 19.8. The van der Waals surface area contributed by atoms with E-state index in [1.807, 2.05) is 36.9 Å². The van der Waals surface area contributed by atoms with Crippen molar-refractivity contribution >= 4 is 35.6 Å². The Hall–Kier alpha value is -2.75. The third-order valence-electron chi connectivity index (χ3n) is 6.17. The zero-order chi connectivity index (χ0) is 23.7. The van der Waals surface area contributed by atoms with E-state index in [9.17, 15) is 4.39 Å². The van der Waals surface area contributed by atoms with Crippen molar-refractivity contribution in [2.75, 3.05) is 12.0 Å². The van der Waals surface area contributed by atoms with E-state index in [0.29, 0.717) is 40.6 Å². The first-order valence-electron chi connectivity index (χ1n) is 11.1. The first-order chi connectivity index (χ1) is 15.8. The summed E-state index contributed by atoms with van der Waals surface area (Å²) < 4.78 is 21.8. The monoisotopic (exact) mass is 502 g/mol. The van der Waals surface area contributed by atoms with Crippen LogP contribution in [-0.2, 0) is 6.54 Å². The van der Waals surface area contributed by atoms with Crippen LogP contribution in [0.3, 0.4) is 0 Å². The van der Waals surface area contributed by atoms with Gasteiger partial charge in [0.15, 0.2) is 0 Å². The van der Waals surface area contributed by atoms with E-state index in [1.54, 1.807) is 30.8 Å². The zero-order valence-corrected chi connectivity index (χ0v) is 21.4. The summed E-state index contributed by atoms with van der Waals surface area (Å²) in [4.78, 5) is 6.76. The second kappa shape index (κ2) is 10.7. The predicted octanol–water partition coefficient (Wildman–Crippen LogP) is 6.74. The van der Waals surface area contributed by atoms with Crippen LogP contribution in [0.2, 0.25) is 5.02 Å². The lowest BCUT2D eigenvalue weighted by Crippen LogP contribution is -2.26. The quantitative estimate of drug-likeness (QED) is 0.320. The number of ether oxygens (including phenoxy) is 1. The number of aromatic nitrogens is 3. The molecule has 180 valence electrons. The fourth-order valence-corrected chi connectivity index (χ4v) is 4.33. The van der Waals surface area contributed by atoms with Crippen molar-refractivity contribution in [2.45, 2.75) is 52.6 Å². The highest BCUT2D eigenvalue weighted by Gasteiger charge is 2.34. The summed E-state index contributed by atoms with van der Waals surface area (Å²) in [6.07, 6.45) is 8.69. The summed E-state index contributed by atoms with van der Waals surface area (Å²) in [6.45, 7) is 5.92. The van der Waals surface area contributed by atoms with Crippen LogP contribution in [0, 0.1) is 44.9 Å². The van der Waals surface area contributed by atoms with Gasteiger partial charge < -0.3 is 9.64 Å². The topological polar surface area (TPSA) is 43.2 Å². The van der Waals surface area contributed by atoms with E-state index in [0.717, 1.165) is 36.1 Å². The Morgan fingerprint density at radius 2 is 1.97 bits per heavy atom. The largest absolute Gasteiger partial charge is 0.496 e. The van der Waals surface area contributed by atoms with Crippen LogP contribution in [-0.4, -0.2) is 21.9 Å². The molecule has 0 bridgehead atoms. The van der Waals surface area contributed by atoms with Crippen LogP contribution in [0.15, 0.2) is 30.3 Å². The molecule has 1 fully saturated rings. The molecular formula is C26H29Cl2FN4O. The van der Waals surface area contributed by atoms with E-state index in [2.05, 4.69) is 5.92 Å². The van der Waals surface area contributed by atoms with Gasteiger partial charge in [-0.1, -0.05) is 42.5 Å². The number of hydrogen-bond donors (Lipinski definition) is 0. The molecule has 2 aromatic carbocycles. The van der Waals surface area contributed by atoms with E-state index in [1.165, 1.54) is 0 Å². The number of anilines is 2. The second-order valence-corrected chi connectivity index (χ2v) is 9.07. The molecule has 0 unspecified atom stereocenters. The molecule has 1 aromatic heterocycles. The standard InChI is InChI=1S/C26H28ClFN4O.ClH/c1-6-11-31-18(4)29-26(30-31)32(24-12-17(3)25(33-5)15-21(24)27)23(13-19-8-9-19)20-10-7-16(2)22(28)14-20;/h1,7,10,12,14-15,19,23H,8-9,11,13H2,2-5H3;1H/t23-;/m0./s1. The van der Waals surface area contributed by atoms with Gasteiger partial charge in [-0.3, -0.25) is 0 Å². The summed E-state index contributed by atoms with van der Waals surface area (Å²) in [5.41, 5.74) is 3.16. The van der Waals surface area contributed by atoms with Crippen LogP contribution in [0.25, 0.3) is 0 Å². The lowest BCUT2D eigenvalue weighted by atomic mass is 9.97. The van der Waals surface area contributed by atoms with E-state index < -0.39 is 0 Å². The summed E-state index contributed by atoms with van der Waals surface area (Å²) in [6, 6.07) is 8.99. The Morgan fingerprint density at radius 3 is 2.59 bits per heavy atom. The molecule has 3 aromatic rings. The van der Waals surface area contributed by atoms with Gasteiger partial charge >= 0.3 is 0 Å². The molecule has 0 N–H and O–H groups in total. The summed E-state index contributed by atoms with van der Waals surface area (Å²) in [5.74, 6) is 4.84. The molecular weight excluding hydrogens is 474 g/mol. The van der Waals surface area contributed by atoms with Gasteiger partial charge in [0.1, 0.15) is 23.9 Å². The molecule has 0 spiro atoms. The Morgan fingerprint density at radius 1 is 1.24 bits per heavy atom. The summed E-state index contributed by atoms with van der Waals surface area (Å²) in [7, 11) is 1.62. The van der Waals surface area contributed by atoms with Crippen molar-refractivity contribution in [1.82, 2.24) is 14.8 Å². The predicted molar refractivity (Wildman–Crippen MR) is 137 cm³/mol. The first-order valence-corrected chi connectivity index (χ1v) is 11.4. The smallest absolute Gasteiger partial charge is 0.250 e. The minimum Gasteiger partial charge on any atom is -0.496 e. The maximum Gasteiger partial charge on any atom is 0.250 e. The SMILES string of the molecule is C#CCn1nc(N(c2cc(C)c(OC)cc2Cl)[C@@H](CC2CC2)c2ccc(C)c(F)c2)nc1C.Cl. The second-order valence-electron chi connectivity index (χ2n) is 8.67. The first kappa shape index (κ1) is 25.9. The van der Waals surface area contributed by atoms with Gasteiger partial charge in [-0.05, 0) is 61.9 Å². The molecule has 0 aliphatic heterocycles. The lowest BCUT2D eigenvalue weighted by Gasteiger charge is -2.33. The third kappa shape index (κ3) is 5.32. The van der Waals surface area contributed by atoms with E-state index in [4.69, 9.17) is 32.8 Å². The Labute approximate surface area is 211 Å². The molecule has 0 radical (unpaired) electrons. The third-order valence-corrected chi connectivity index (χ3v) is 6.47. The molecule has 1 aliphatic rings. The average Bonchev–Trinajstić information content (AvgIpc) is 3.54. The lowest BCUT2D eigenvalue weighted by molar-refractivity contribution is 0.411. The molecule has 1 aliphatic carbocycles. The van der Waals surface area contributed by atoms with Crippen LogP contribution < -0.4 is 9.64 Å². The number of methoxy groups -OCH3 is 1. The summed E-state index contributed by atoms with van der Waals surface area (Å²) >= 11 is 6.78. The Kier molecular flexibility index (Phi) is 8.12. The molecule has 5 nitrogen and oxygen atoms in total. The molecule has 0 saturated heterocycles. The van der Waals surface area contributed by atoms with Gasteiger partial charge in [0.25, 0.3) is 0 Å². The minimum absolute atomic E-state index is 0. The molecule has 0 amide bonds. The van der Waals surface area contributed by atoms with E-state index >= 15 is 0 Å². The Balaban J connectivity index is 0.00000324. The highest BCUT2D eigenvalue weighted by Crippen LogP contribution is 2.46. The number of aryl methyl sites for hydroxylation is 3. The number of terminal acetylenes is 1. The van der Waals surface area contributed by atoms with Crippen molar-refractivity contribution in [1.29, 1.82) is 0 Å². The maximum absolute atomic E-state index is 14.7. The van der Waals surface area contributed by atoms with E-state index in [-0.39, 0.29) is 24.3 Å². The molecule has 1 atom stereocenters. The number of benzene rings is 2.